The summed E-state index contributed by atoms with van der Waals surface area (Å²) in [5.74, 6) is -1.67. The summed E-state index contributed by atoms with van der Waals surface area (Å²) < 4.78 is 110. The van der Waals surface area contributed by atoms with Gasteiger partial charge in [-0.05, 0) is 61.1 Å². The van der Waals surface area contributed by atoms with Crippen LogP contribution in [-0.2, 0) is 41.8 Å². The zero-order valence-electron chi connectivity index (χ0n) is 21.1. The molecule has 1 aliphatic carbocycles. The van der Waals surface area contributed by atoms with Gasteiger partial charge in [-0.2, -0.15) is 26.3 Å². The summed E-state index contributed by atoms with van der Waals surface area (Å²) in [5.41, 5.74) is -8.48. The van der Waals surface area contributed by atoms with Gasteiger partial charge in [0.15, 0.2) is 21.2 Å². The van der Waals surface area contributed by atoms with Crippen LogP contribution in [-0.4, -0.2) is 55.5 Å². The van der Waals surface area contributed by atoms with Crippen molar-refractivity contribution in [3.8, 4) is 0 Å². The van der Waals surface area contributed by atoms with Crippen LogP contribution in [0.5, 0.6) is 0 Å². The van der Waals surface area contributed by atoms with Gasteiger partial charge in [-0.3, -0.25) is 14.9 Å². The molecule has 0 bridgehead atoms. The van der Waals surface area contributed by atoms with Crippen LogP contribution in [0, 0.1) is 0 Å². The molecule has 15 heteroatoms. The number of anilines is 1. The van der Waals surface area contributed by atoms with Crippen LogP contribution in [0.1, 0.15) is 42.4 Å². The van der Waals surface area contributed by atoms with Crippen LogP contribution in [0.15, 0.2) is 47.4 Å². The number of aliphatic hydroxyl groups is 1. The number of rotatable bonds is 7. The van der Waals surface area contributed by atoms with Gasteiger partial charge in [0, 0.05) is 24.4 Å². The highest BCUT2D eigenvalue weighted by atomic mass is 32.2. The number of sulfone groups is 1. The zero-order chi connectivity index (χ0) is 30.0. The highest BCUT2D eigenvalue weighted by molar-refractivity contribution is 7.92. The van der Waals surface area contributed by atoms with Gasteiger partial charge in [-0.25, -0.2) is 8.42 Å². The Morgan fingerprint density at radius 2 is 1.61 bits per heavy atom. The first-order valence-electron chi connectivity index (χ1n) is 12.6. The van der Waals surface area contributed by atoms with Crippen molar-refractivity contribution in [1.29, 1.82) is 0 Å². The normalized spacial score (nSPS) is 23.3. The summed E-state index contributed by atoms with van der Waals surface area (Å²) in [6.07, 6.45) is -11.2. The van der Waals surface area contributed by atoms with Crippen LogP contribution >= 0.6 is 0 Å². The van der Waals surface area contributed by atoms with E-state index in [0.29, 0.717) is 43.4 Å². The van der Waals surface area contributed by atoms with E-state index in [1.165, 1.54) is 18.2 Å². The van der Waals surface area contributed by atoms with E-state index in [9.17, 15) is 49.5 Å². The Balaban J connectivity index is 1.49. The van der Waals surface area contributed by atoms with Gasteiger partial charge in [-0.1, -0.05) is 18.2 Å². The number of alkyl halides is 6. The van der Waals surface area contributed by atoms with Crippen molar-refractivity contribution in [2.45, 2.75) is 72.0 Å². The fourth-order valence-electron chi connectivity index (χ4n) is 5.22. The number of nitrogens with one attached hydrogen (secondary N) is 2. The number of hydrogen-bond donors (Lipinski definition) is 3. The summed E-state index contributed by atoms with van der Waals surface area (Å²) in [7, 11) is -3.59. The van der Waals surface area contributed by atoms with Crippen LogP contribution in [0.2, 0.25) is 0 Å². The second-order valence-corrected chi connectivity index (χ2v) is 12.5. The summed E-state index contributed by atoms with van der Waals surface area (Å²) in [4.78, 5) is 27.5. The lowest BCUT2D eigenvalue weighted by molar-refractivity contribution is -0.376. The predicted octanol–water partition coefficient (Wildman–Crippen LogP) is 3.62. The lowest BCUT2D eigenvalue weighted by atomic mass is 9.82. The third kappa shape index (κ3) is 4.72. The first-order chi connectivity index (χ1) is 19.0. The lowest BCUT2D eigenvalue weighted by Gasteiger charge is -2.33. The van der Waals surface area contributed by atoms with Crippen LogP contribution in [0.4, 0.5) is 32.0 Å². The zero-order valence-corrected chi connectivity index (χ0v) is 21.9. The molecule has 2 fully saturated rings. The molecule has 8 nitrogen and oxygen atoms in total. The molecule has 2 aliphatic heterocycles. The predicted molar refractivity (Wildman–Crippen MR) is 130 cm³/mol. The highest BCUT2D eigenvalue weighted by Crippen LogP contribution is 2.50. The molecule has 1 saturated carbocycles. The summed E-state index contributed by atoms with van der Waals surface area (Å²) >= 11 is 0. The van der Waals surface area contributed by atoms with Gasteiger partial charge < -0.3 is 15.2 Å². The Morgan fingerprint density at radius 1 is 0.976 bits per heavy atom. The molecule has 222 valence electrons. The Kier molecular flexibility index (Phi) is 7.03. The van der Waals surface area contributed by atoms with E-state index in [-0.39, 0.29) is 29.3 Å². The maximum absolute atomic E-state index is 13.7. The summed E-state index contributed by atoms with van der Waals surface area (Å²) in [6, 6.07) is 6.26. The molecule has 2 aromatic carbocycles. The van der Waals surface area contributed by atoms with Gasteiger partial charge in [0.05, 0.1) is 10.1 Å². The molecule has 1 saturated heterocycles. The quantitative estimate of drug-likeness (QED) is 0.325. The maximum Gasteiger partial charge on any atom is 0.430 e. The second kappa shape index (κ2) is 9.78. The van der Waals surface area contributed by atoms with E-state index in [1.54, 1.807) is 0 Å². The van der Waals surface area contributed by atoms with E-state index in [0.717, 1.165) is 12.1 Å². The molecule has 3 aliphatic rings. The number of ketones is 1. The van der Waals surface area contributed by atoms with Crippen molar-refractivity contribution < 1.29 is 54.2 Å². The third-order valence-corrected chi connectivity index (χ3v) is 9.89. The first kappa shape index (κ1) is 29.5. The number of ether oxygens (including phenoxy) is 1. The minimum absolute atomic E-state index is 0.0405. The van der Waals surface area contributed by atoms with Crippen LogP contribution in [0.3, 0.4) is 0 Å². The molecule has 0 radical (unpaired) electrons. The molecular weight excluding hydrogens is 582 g/mol. The van der Waals surface area contributed by atoms with Gasteiger partial charge in [-0.15, -0.1) is 0 Å². The van der Waals surface area contributed by atoms with Crippen molar-refractivity contribution in [2.75, 3.05) is 11.9 Å². The van der Waals surface area contributed by atoms with E-state index >= 15 is 0 Å². The fraction of sp³-hybridized carbons (Fsp3) is 0.462. The summed E-state index contributed by atoms with van der Waals surface area (Å²) in [6.45, 7) is 0.195. The molecular formula is C26H24F6N2O6S. The summed E-state index contributed by atoms with van der Waals surface area (Å²) in [5, 5.41) is 14.3. The molecule has 2 aromatic rings. The SMILES string of the molecule is O=C(Nc1ccc(C(O)(C(F)(F)F)C(F)(F)F)cc1)C1(C(=O)[C@@H]2CCCO2)NCc2cc(S(=O)(=O)C3CC3)ccc21. The molecule has 0 spiro atoms. The Labute approximate surface area is 230 Å². The number of carbonyl (C=O) groups excluding carboxylic acids is 2. The van der Waals surface area contributed by atoms with E-state index in [4.69, 9.17) is 4.74 Å². The molecule has 41 heavy (non-hydrogen) atoms. The minimum Gasteiger partial charge on any atom is -0.370 e. The van der Waals surface area contributed by atoms with Crippen molar-refractivity contribution in [2.24, 2.45) is 0 Å². The average Bonchev–Trinajstić information content (AvgIpc) is 3.49. The number of Topliss-reactive ketones (excluding diaryl/α,β-unsaturated/α-hetero) is 1. The molecule has 2 atom stereocenters. The molecule has 5 rings (SSSR count). The first-order valence-corrected chi connectivity index (χ1v) is 14.1. The van der Waals surface area contributed by atoms with Gasteiger partial charge in [0.2, 0.25) is 0 Å². The van der Waals surface area contributed by atoms with E-state index in [2.05, 4.69) is 10.6 Å². The van der Waals surface area contributed by atoms with Crippen molar-refractivity contribution in [3.05, 3.63) is 59.2 Å². The molecule has 0 aromatic heterocycles. The lowest BCUT2D eigenvalue weighted by Crippen LogP contribution is -2.57. The standard InChI is InChI=1S/C26H24F6N2O6S/c27-25(28,29)24(37,26(30,31)32)15-3-5-16(6-4-15)34-22(36)23(21(35)20-2-1-11-40-20)19-10-9-18(12-14(19)13-33-23)41(38,39)17-7-8-17/h3-6,9-10,12,17,20,33,37H,1-2,7-8,11,13H2,(H,34,36)/t20-,23?/m0/s1. The molecule has 1 amide bonds. The van der Waals surface area contributed by atoms with Crippen molar-refractivity contribution in [1.82, 2.24) is 5.32 Å². The van der Waals surface area contributed by atoms with Gasteiger partial charge in [0.1, 0.15) is 6.10 Å². The van der Waals surface area contributed by atoms with Gasteiger partial charge in [0.25, 0.3) is 11.5 Å². The topological polar surface area (TPSA) is 122 Å². The monoisotopic (exact) mass is 606 g/mol. The minimum atomic E-state index is -6.09. The number of benzene rings is 2. The van der Waals surface area contributed by atoms with E-state index in [1.807, 2.05) is 0 Å². The largest absolute Gasteiger partial charge is 0.430 e. The number of carbonyl (C=O) groups is 2. The van der Waals surface area contributed by atoms with E-state index < -0.39 is 61.9 Å². The number of amides is 1. The van der Waals surface area contributed by atoms with Crippen molar-refractivity contribution in [3.63, 3.8) is 0 Å². The Morgan fingerprint density at radius 3 is 2.15 bits per heavy atom. The second-order valence-electron chi connectivity index (χ2n) is 10.3. The maximum atomic E-state index is 13.7. The fourth-order valence-corrected chi connectivity index (χ4v) is 6.93. The number of hydrogen-bond acceptors (Lipinski definition) is 7. The average molecular weight is 607 g/mol. The van der Waals surface area contributed by atoms with Gasteiger partial charge >= 0.3 is 12.4 Å². The Hall–Kier alpha value is -3.01. The van der Waals surface area contributed by atoms with Crippen molar-refractivity contribution >= 4 is 27.2 Å². The third-order valence-electron chi connectivity index (χ3n) is 7.63. The molecule has 3 N–H and O–H groups in total. The highest BCUT2D eigenvalue weighted by Gasteiger charge is 2.71. The number of fused-ring (bicyclic) bond motifs is 1. The number of halogens is 6. The Bertz CT molecular complexity index is 1470. The smallest absolute Gasteiger partial charge is 0.370 e. The van der Waals surface area contributed by atoms with Crippen LogP contribution < -0.4 is 10.6 Å². The molecule has 1 unspecified atom stereocenters. The van der Waals surface area contributed by atoms with Crippen LogP contribution in [0.25, 0.3) is 0 Å². The molecule has 2 heterocycles.